The summed E-state index contributed by atoms with van der Waals surface area (Å²) in [5, 5.41) is 15.3. The van der Waals surface area contributed by atoms with E-state index in [1.165, 1.54) is 0 Å². The van der Waals surface area contributed by atoms with Crippen LogP contribution in [0.25, 0.3) is 0 Å². The minimum Gasteiger partial charge on any atom is -0.469 e. The Kier molecular flexibility index (Phi) is 5.41. The second kappa shape index (κ2) is 7.75. The molecule has 1 aromatic heterocycles. The molecule has 0 aliphatic rings. The van der Waals surface area contributed by atoms with Gasteiger partial charge in [-0.2, -0.15) is 5.26 Å². The highest BCUT2D eigenvalue weighted by atomic mass is 16.3. The monoisotopic (exact) mass is 282 g/mol. The van der Waals surface area contributed by atoms with Gasteiger partial charge in [-0.3, -0.25) is 4.99 Å². The van der Waals surface area contributed by atoms with E-state index in [1.807, 2.05) is 30.3 Å². The van der Waals surface area contributed by atoms with Gasteiger partial charge in [-0.25, -0.2) is 0 Å². The van der Waals surface area contributed by atoms with Crippen LogP contribution in [0.2, 0.25) is 0 Å². The Balaban J connectivity index is 1.78. The van der Waals surface area contributed by atoms with Crippen molar-refractivity contribution in [2.24, 2.45) is 4.99 Å². The zero-order valence-electron chi connectivity index (χ0n) is 12.0. The lowest BCUT2D eigenvalue weighted by Crippen LogP contribution is -2.37. The number of rotatable bonds is 5. The van der Waals surface area contributed by atoms with Crippen molar-refractivity contribution in [3.63, 3.8) is 0 Å². The molecule has 21 heavy (non-hydrogen) atoms. The Hall–Kier alpha value is -2.74. The highest BCUT2D eigenvalue weighted by molar-refractivity contribution is 5.79. The predicted molar refractivity (Wildman–Crippen MR) is 81.8 cm³/mol. The molecule has 2 aromatic rings. The summed E-state index contributed by atoms with van der Waals surface area (Å²) in [4.78, 5) is 4.16. The Morgan fingerprint density at radius 2 is 2.19 bits per heavy atom. The maximum atomic E-state index is 8.88. The third kappa shape index (κ3) is 4.69. The fraction of sp³-hybridized carbons (Fsp3) is 0.250. The van der Waals surface area contributed by atoms with Crippen LogP contribution in [-0.2, 0) is 13.0 Å². The van der Waals surface area contributed by atoms with Crippen molar-refractivity contribution in [2.45, 2.75) is 13.0 Å². The molecular weight excluding hydrogens is 264 g/mol. The number of nitriles is 1. The van der Waals surface area contributed by atoms with Crippen molar-refractivity contribution in [1.29, 1.82) is 5.26 Å². The highest BCUT2D eigenvalue weighted by Gasteiger charge is 2.00. The van der Waals surface area contributed by atoms with E-state index >= 15 is 0 Å². The summed E-state index contributed by atoms with van der Waals surface area (Å²) in [5.74, 6) is 1.67. The Morgan fingerprint density at radius 3 is 2.90 bits per heavy atom. The maximum absolute atomic E-state index is 8.88. The molecule has 0 saturated carbocycles. The number of nitrogens with one attached hydrogen (secondary N) is 2. The van der Waals surface area contributed by atoms with Gasteiger partial charge >= 0.3 is 0 Å². The molecule has 0 saturated heterocycles. The minimum absolute atomic E-state index is 0.621. The lowest BCUT2D eigenvalue weighted by molar-refractivity contribution is 0.507. The number of nitrogens with zero attached hydrogens (tertiary/aromatic N) is 2. The molecule has 2 rings (SSSR count). The van der Waals surface area contributed by atoms with Crippen LogP contribution in [0.3, 0.4) is 0 Å². The highest BCUT2D eigenvalue weighted by Crippen LogP contribution is 2.03. The molecule has 5 heteroatoms. The van der Waals surface area contributed by atoms with Gasteiger partial charge < -0.3 is 15.1 Å². The second-order valence-corrected chi connectivity index (χ2v) is 4.49. The van der Waals surface area contributed by atoms with Gasteiger partial charge in [0.1, 0.15) is 5.76 Å². The van der Waals surface area contributed by atoms with E-state index in [1.54, 1.807) is 19.4 Å². The van der Waals surface area contributed by atoms with Gasteiger partial charge in [-0.1, -0.05) is 12.1 Å². The van der Waals surface area contributed by atoms with E-state index in [4.69, 9.17) is 9.68 Å². The van der Waals surface area contributed by atoms with Crippen LogP contribution < -0.4 is 10.6 Å². The summed E-state index contributed by atoms with van der Waals surface area (Å²) < 4.78 is 5.27. The molecule has 0 fully saturated rings. The molecule has 0 aliphatic carbocycles. The van der Waals surface area contributed by atoms with Crippen LogP contribution in [0.1, 0.15) is 16.9 Å². The fourth-order valence-electron chi connectivity index (χ4n) is 1.92. The zero-order valence-corrected chi connectivity index (χ0v) is 12.0. The van der Waals surface area contributed by atoms with Crippen molar-refractivity contribution < 1.29 is 4.42 Å². The van der Waals surface area contributed by atoms with E-state index in [0.29, 0.717) is 12.1 Å². The van der Waals surface area contributed by atoms with E-state index in [-0.39, 0.29) is 0 Å². The summed E-state index contributed by atoms with van der Waals surface area (Å²) >= 11 is 0. The number of guanidine groups is 1. The molecule has 0 unspecified atom stereocenters. The lowest BCUT2D eigenvalue weighted by Gasteiger charge is -2.11. The van der Waals surface area contributed by atoms with Crippen molar-refractivity contribution in [3.05, 3.63) is 59.5 Å². The third-order valence-electron chi connectivity index (χ3n) is 2.98. The molecule has 0 aliphatic heterocycles. The van der Waals surface area contributed by atoms with E-state index in [2.05, 4.69) is 21.7 Å². The second-order valence-electron chi connectivity index (χ2n) is 4.49. The fourth-order valence-corrected chi connectivity index (χ4v) is 1.92. The normalized spacial score (nSPS) is 11.0. The van der Waals surface area contributed by atoms with Gasteiger partial charge in [0.2, 0.25) is 0 Å². The molecule has 5 nitrogen and oxygen atoms in total. The summed E-state index contributed by atoms with van der Waals surface area (Å²) in [6.45, 7) is 1.36. The Bertz CT molecular complexity index is 626. The molecule has 0 spiro atoms. The van der Waals surface area contributed by atoms with Gasteiger partial charge in [-0.05, 0) is 29.8 Å². The number of hydrogen-bond acceptors (Lipinski definition) is 3. The van der Waals surface area contributed by atoms with Crippen LogP contribution >= 0.6 is 0 Å². The van der Waals surface area contributed by atoms with E-state index in [0.717, 1.165) is 30.2 Å². The molecule has 0 bridgehead atoms. The molecule has 0 radical (unpaired) electrons. The first-order valence-electron chi connectivity index (χ1n) is 6.78. The summed E-state index contributed by atoms with van der Waals surface area (Å²) in [7, 11) is 1.73. The molecule has 2 N–H and O–H groups in total. The van der Waals surface area contributed by atoms with Crippen LogP contribution in [0, 0.1) is 11.3 Å². The molecule has 0 atom stereocenters. The topological polar surface area (TPSA) is 73.3 Å². The predicted octanol–water partition coefficient (Wildman–Crippen LogP) is 2.06. The quantitative estimate of drug-likeness (QED) is 0.650. The minimum atomic E-state index is 0.621. The zero-order chi connectivity index (χ0) is 14.9. The number of furan rings is 1. The first-order valence-corrected chi connectivity index (χ1v) is 6.78. The average Bonchev–Trinajstić information content (AvgIpc) is 3.04. The van der Waals surface area contributed by atoms with Crippen LogP contribution in [0.5, 0.6) is 0 Å². The van der Waals surface area contributed by atoms with E-state index < -0.39 is 0 Å². The SMILES string of the molecule is CN=C(NCCc1ccco1)NCc1cccc(C#N)c1. The lowest BCUT2D eigenvalue weighted by atomic mass is 10.1. The summed E-state index contributed by atoms with van der Waals surface area (Å²) in [6, 6.07) is 13.5. The van der Waals surface area contributed by atoms with Crippen LogP contribution in [-0.4, -0.2) is 19.6 Å². The van der Waals surface area contributed by atoms with Crippen molar-refractivity contribution in [3.8, 4) is 6.07 Å². The van der Waals surface area contributed by atoms with Crippen molar-refractivity contribution in [2.75, 3.05) is 13.6 Å². The molecular formula is C16H18N4O. The summed E-state index contributed by atoms with van der Waals surface area (Å²) in [6.07, 6.45) is 2.47. The van der Waals surface area contributed by atoms with Crippen molar-refractivity contribution >= 4 is 5.96 Å². The number of aliphatic imine (C=N–C) groups is 1. The molecule has 1 heterocycles. The Labute approximate surface area is 124 Å². The smallest absolute Gasteiger partial charge is 0.191 e. The van der Waals surface area contributed by atoms with Gasteiger partial charge in [0, 0.05) is 26.6 Å². The summed E-state index contributed by atoms with van der Waals surface area (Å²) in [5.41, 5.74) is 1.71. The molecule has 1 aromatic carbocycles. The first kappa shape index (κ1) is 14.7. The van der Waals surface area contributed by atoms with Gasteiger partial charge in [0.25, 0.3) is 0 Å². The van der Waals surface area contributed by atoms with Gasteiger partial charge in [0.15, 0.2) is 5.96 Å². The van der Waals surface area contributed by atoms with Crippen LogP contribution in [0.15, 0.2) is 52.1 Å². The largest absolute Gasteiger partial charge is 0.469 e. The molecule has 0 amide bonds. The Morgan fingerprint density at radius 1 is 1.29 bits per heavy atom. The van der Waals surface area contributed by atoms with Crippen LogP contribution in [0.4, 0.5) is 0 Å². The third-order valence-corrected chi connectivity index (χ3v) is 2.98. The average molecular weight is 282 g/mol. The standard InChI is InChI=1S/C16H18N4O/c1-18-16(19-8-7-15-6-3-9-21-15)20-12-14-5-2-4-13(10-14)11-17/h2-6,9-10H,7-8,12H2,1H3,(H2,18,19,20). The maximum Gasteiger partial charge on any atom is 0.191 e. The molecule has 108 valence electrons. The van der Waals surface area contributed by atoms with Gasteiger partial charge in [-0.15, -0.1) is 0 Å². The van der Waals surface area contributed by atoms with E-state index in [9.17, 15) is 0 Å². The number of benzene rings is 1. The van der Waals surface area contributed by atoms with Crippen molar-refractivity contribution in [1.82, 2.24) is 10.6 Å². The first-order chi connectivity index (χ1) is 10.3. The van der Waals surface area contributed by atoms with Gasteiger partial charge in [0.05, 0.1) is 17.9 Å². The number of hydrogen-bond donors (Lipinski definition) is 2.